The van der Waals surface area contributed by atoms with Crippen LogP contribution in [-0.4, -0.2) is 42.4 Å². The van der Waals surface area contributed by atoms with E-state index < -0.39 is 18.0 Å². The van der Waals surface area contributed by atoms with Crippen molar-refractivity contribution in [1.82, 2.24) is 0 Å². The van der Waals surface area contributed by atoms with Crippen LogP contribution in [0.1, 0.15) is 24.2 Å². The van der Waals surface area contributed by atoms with Crippen LogP contribution in [0.15, 0.2) is 24.3 Å². The maximum atomic E-state index is 11.8. The molecule has 0 radical (unpaired) electrons. The lowest BCUT2D eigenvalue weighted by molar-refractivity contribution is -0.166. The molecule has 0 aliphatic carbocycles. The Hall–Kier alpha value is -1.89. The minimum Gasteiger partial charge on any atom is -0.467 e. The minimum absolute atomic E-state index is 0.0844. The third kappa shape index (κ3) is 5.14. The number of carbonyl (C=O) groups excluding carboxylic acids is 3. The molecule has 22 heavy (non-hydrogen) atoms. The second-order valence-electron chi connectivity index (χ2n) is 4.08. The van der Waals surface area contributed by atoms with Crippen molar-refractivity contribution in [2.45, 2.75) is 20.0 Å². The van der Waals surface area contributed by atoms with E-state index in [9.17, 15) is 14.4 Å². The zero-order valence-corrected chi connectivity index (χ0v) is 13.9. The van der Waals surface area contributed by atoms with E-state index in [1.54, 1.807) is 26.0 Å². The van der Waals surface area contributed by atoms with Gasteiger partial charge in [0.2, 0.25) is 0 Å². The van der Waals surface area contributed by atoms with E-state index in [0.717, 1.165) is 0 Å². The minimum atomic E-state index is -1.49. The van der Waals surface area contributed by atoms with Crippen LogP contribution in [0, 0.1) is 0 Å². The van der Waals surface area contributed by atoms with Crippen molar-refractivity contribution in [3.63, 3.8) is 0 Å². The van der Waals surface area contributed by atoms with Crippen molar-refractivity contribution in [3.8, 4) is 5.75 Å². The summed E-state index contributed by atoms with van der Waals surface area (Å²) in [6.45, 7) is 3.50. The van der Waals surface area contributed by atoms with Crippen LogP contribution in [0.3, 0.4) is 0 Å². The Labute approximate surface area is 136 Å². The van der Waals surface area contributed by atoms with E-state index in [2.05, 4.69) is 15.9 Å². The first-order chi connectivity index (χ1) is 10.5. The molecule has 0 unspecified atom stereocenters. The summed E-state index contributed by atoms with van der Waals surface area (Å²) in [5.74, 6) is -1.46. The third-order valence-electron chi connectivity index (χ3n) is 2.55. The predicted octanol–water partition coefficient (Wildman–Crippen LogP) is 2.14. The highest BCUT2D eigenvalue weighted by molar-refractivity contribution is 9.09. The van der Waals surface area contributed by atoms with Gasteiger partial charge >= 0.3 is 11.9 Å². The molecule has 0 N–H and O–H groups in total. The Morgan fingerprint density at radius 1 is 1.00 bits per heavy atom. The molecule has 0 bridgehead atoms. The summed E-state index contributed by atoms with van der Waals surface area (Å²) in [6, 6.07) is 6.10. The van der Waals surface area contributed by atoms with Gasteiger partial charge in [0.05, 0.1) is 18.5 Å². The highest BCUT2D eigenvalue weighted by atomic mass is 79.9. The lowest BCUT2D eigenvalue weighted by Gasteiger charge is -2.16. The molecule has 7 heteroatoms. The van der Waals surface area contributed by atoms with Crippen molar-refractivity contribution in [2.24, 2.45) is 0 Å². The molecule has 1 aromatic rings. The van der Waals surface area contributed by atoms with Crippen molar-refractivity contribution >= 4 is 33.7 Å². The summed E-state index contributed by atoms with van der Waals surface area (Å²) in [4.78, 5) is 35.1. The van der Waals surface area contributed by atoms with Gasteiger partial charge in [0.15, 0.2) is 5.78 Å². The van der Waals surface area contributed by atoms with Crippen molar-refractivity contribution in [1.29, 1.82) is 0 Å². The first kappa shape index (κ1) is 18.2. The molecule has 0 atom stereocenters. The van der Waals surface area contributed by atoms with Crippen molar-refractivity contribution in [3.05, 3.63) is 29.8 Å². The lowest BCUT2D eigenvalue weighted by Crippen LogP contribution is -2.38. The molecule has 6 nitrogen and oxygen atoms in total. The fourth-order valence-electron chi connectivity index (χ4n) is 1.56. The van der Waals surface area contributed by atoms with Crippen LogP contribution >= 0.6 is 15.9 Å². The molecule has 0 amide bonds. The van der Waals surface area contributed by atoms with Gasteiger partial charge in [-0.25, -0.2) is 9.59 Å². The van der Waals surface area contributed by atoms with Gasteiger partial charge in [-0.1, -0.05) is 15.9 Å². The van der Waals surface area contributed by atoms with E-state index in [1.807, 2.05) is 0 Å². The normalized spacial score (nSPS) is 10.2. The summed E-state index contributed by atoms with van der Waals surface area (Å²) in [5, 5.41) is 0.210. The molecule has 0 aliphatic heterocycles. The third-order valence-corrected chi connectivity index (χ3v) is 3.06. The number of carbonyl (C=O) groups is 3. The van der Waals surface area contributed by atoms with Gasteiger partial charge in [0, 0.05) is 5.56 Å². The SMILES string of the molecule is CCOC(=O)C(Oc1ccc(C(=O)CBr)cc1)C(=O)OCC. The summed E-state index contributed by atoms with van der Waals surface area (Å²) in [7, 11) is 0. The topological polar surface area (TPSA) is 78.9 Å². The Bertz CT molecular complexity index is 507. The van der Waals surface area contributed by atoms with Gasteiger partial charge in [-0.3, -0.25) is 4.79 Å². The first-order valence-corrected chi connectivity index (χ1v) is 7.84. The van der Waals surface area contributed by atoms with Gasteiger partial charge < -0.3 is 14.2 Å². The Balaban J connectivity index is 2.86. The van der Waals surface area contributed by atoms with Crippen molar-refractivity contribution < 1.29 is 28.6 Å². The van der Waals surface area contributed by atoms with Crippen LogP contribution in [0.5, 0.6) is 5.75 Å². The lowest BCUT2D eigenvalue weighted by atomic mass is 10.1. The molecule has 0 aliphatic rings. The van der Waals surface area contributed by atoms with Crippen LogP contribution in [-0.2, 0) is 19.1 Å². The average molecular weight is 373 g/mol. The molecule has 0 saturated carbocycles. The number of halogens is 1. The van der Waals surface area contributed by atoms with Crippen molar-refractivity contribution in [2.75, 3.05) is 18.5 Å². The standard InChI is InChI=1S/C15H17BrO6/c1-3-20-14(18)13(15(19)21-4-2)22-11-7-5-10(6-8-11)12(17)9-16/h5-8,13H,3-4,9H2,1-2H3. The Morgan fingerprint density at radius 2 is 1.50 bits per heavy atom. The second kappa shape index (κ2) is 9.19. The quantitative estimate of drug-likeness (QED) is 0.301. The van der Waals surface area contributed by atoms with E-state index >= 15 is 0 Å². The zero-order valence-electron chi connectivity index (χ0n) is 12.3. The molecule has 1 aromatic carbocycles. The molecule has 0 aromatic heterocycles. The number of esters is 2. The molecule has 120 valence electrons. The molecular weight excluding hydrogens is 356 g/mol. The maximum Gasteiger partial charge on any atom is 0.359 e. The van der Waals surface area contributed by atoms with Gasteiger partial charge in [-0.15, -0.1) is 0 Å². The Kier molecular flexibility index (Phi) is 7.59. The molecular formula is C15H17BrO6. The molecule has 0 fully saturated rings. The van der Waals surface area contributed by atoms with Gasteiger partial charge in [-0.2, -0.15) is 0 Å². The average Bonchev–Trinajstić information content (AvgIpc) is 2.52. The fourth-order valence-corrected chi connectivity index (χ4v) is 1.88. The summed E-state index contributed by atoms with van der Waals surface area (Å²) in [6.07, 6.45) is -1.49. The van der Waals surface area contributed by atoms with Crippen LogP contribution in [0.2, 0.25) is 0 Å². The summed E-state index contributed by atoms with van der Waals surface area (Å²) < 4.78 is 14.9. The van der Waals surface area contributed by atoms with Crippen LogP contribution in [0.4, 0.5) is 0 Å². The van der Waals surface area contributed by atoms with E-state index in [0.29, 0.717) is 5.56 Å². The number of benzene rings is 1. The zero-order chi connectivity index (χ0) is 16.5. The second-order valence-corrected chi connectivity index (χ2v) is 4.64. The number of ether oxygens (including phenoxy) is 3. The first-order valence-electron chi connectivity index (χ1n) is 6.72. The number of hydrogen-bond acceptors (Lipinski definition) is 6. The summed E-state index contributed by atoms with van der Waals surface area (Å²) in [5.41, 5.74) is 0.494. The monoisotopic (exact) mass is 372 g/mol. The highest BCUT2D eigenvalue weighted by Crippen LogP contribution is 2.16. The highest BCUT2D eigenvalue weighted by Gasteiger charge is 2.31. The number of alkyl halides is 1. The van der Waals surface area contributed by atoms with Crippen LogP contribution < -0.4 is 4.74 Å². The molecule has 0 heterocycles. The smallest absolute Gasteiger partial charge is 0.359 e. The number of rotatable bonds is 8. The molecule has 0 spiro atoms. The van der Waals surface area contributed by atoms with Gasteiger partial charge in [0.1, 0.15) is 5.75 Å². The maximum absolute atomic E-state index is 11.8. The predicted molar refractivity (Wildman–Crippen MR) is 82.2 cm³/mol. The largest absolute Gasteiger partial charge is 0.467 e. The molecule has 0 saturated heterocycles. The van der Waals surface area contributed by atoms with E-state index in [-0.39, 0.29) is 30.1 Å². The summed E-state index contributed by atoms with van der Waals surface area (Å²) >= 11 is 3.08. The molecule has 1 rings (SSSR count). The number of ketones is 1. The number of Topliss-reactive ketones (excluding diaryl/α,β-unsaturated/α-hetero) is 1. The Morgan fingerprint density at radius 3 is 1.91 bits per heavy atom. The van der Waals surface area contributed by atoms with Crippen LogP contribution in [0.25, 0.3) is 0 Å². The van der Waals surface area contributed by atoms with E-state index in [1.165, 1.54) is 12.1 Å². The number of hydrogen-bond donors (Lipinski definition) is 0. The fraction of sp³-hybridized carbons (Fsp3) is 0.400. The van der Waals surface area contributed by atoms with Gasteiger partial charge in [-0.05, 0) is 38.1 Å². The van der Waals surface area contributed by atoms with E-state index in [4.69, 9.17) is 14.2 Å². The van der Waals surface area contributed by atoms with Gasteiger partial charge in [0.25, 0.3) is 6.10 Å².